The highest BCUT2D eigenvalue weighted by Gasteiger charge is 2.24. The average molecular weight is 469 g/mol. The monoisotopic (exact) mass is 469 g/mol. The molecule has 0 bridgehead atoms. The van der Waals surface area contributed by atoms with Gasteiger partial charge < -0.3 is 19.0 Å². The van der Waals surface area contributed by atoms with Crippen molar-refractivity contribution in [3.05, 3.63) is 96.4 Å². The zero-order valence-corrected chi connectivity index (χ0v) is 19.0. The summed E-state index contributed by atoms with van der Waals surface area (Å²) in [5, 5.41) is 8.87. The number of rotatable bonds is 9. The van der Waals surface area contributed by atoms with E-state index in [9.17, 15) is 9.59 Å². The van der Waals surface area contributed by atoms with Gasteiger partial charge in [-0.25, -0.2) is 14.6 Å². The number of nitrogens with zero attached hydrogens (tertiary/aromatic N) is 1. The van der Waals surface area contributed by atoms with Gasteiger partial charge in [-0.1, -0.05) is 72.8 Å². The van der Waals surface area contributed by atoms with E-state index in [0.717, 1.165) is 11.1 Å². The van der Waals surface area contributed by atoms with Crippen molar-refractivity contribution in [3.8, 4) is 28.3 Å². The number of hydrogen-bond donors (Lipinski definition) is 1. The number of esters is 1. The van der Waals surface area contributed by atoms with Crippen molar-refractivity contribution in [2.45, 2.75) is 6.92 Å². The molecule has 35 heavy (non-hydrogen) atoms. The third-order valence-corrected chi connectivity index (χ3v) is 4.97. The van der Waals surface area contributed by atoms with E-state index in [4.69, 9.17) is 24.0 Å². The van der Waals surface area contributed by atoms with E-state index in [1.807, 2.05) is 60.7 Å². The number of carbonyl (C=O) groups excluding carboxylic acids is 1. The first-order valence-electron chi connectivity index (χ1n) is 11.0. The number of benzene rings is 3. The second kappa shape index (κ2) is 11.0. The van der Waals surface area contributed by atoms with Gasteiger partial charge in [0.2, 0.25) is 5.89 Å². The number of oxazole rings is 1. The van der Waals surface area contributed by atoms with E-state index in [0.29, 0.717) is 22.8 Å². The summed E-state index contributed by atoms with van der Waals surface area (Å²) in [6.07, 6.45) is 1.58. The van der Waals surface area contributed by atoms with E-state index in [-0.39, 0.29) is 18.1 Å². The Morgan fingerprint density at radius 2 is 1.63 bits per heavy atom. The van der Waals surface area contributed by atoms with Crippen molar-refractivity contribution in [1.29, 1.82) is 0 Å². The predicted molar refractivity (Wildman–Crippen MR) is 131 cm³/mol. The molecule has 3 aromatic carbocycles. The highest BCUT2D eigenvalue weighted by atomic mass is 16.5. The molecule has 0 aliphatic heterocycles. The molecule has 0 aliphatic rings. The molecule has 0 spiro atoms. The minimum Gasteiger partial charge on any atom is -0.482 e. The number of carboxylic acids is 1. The molecule has 0 unspecified atom stereocenters. The summed E-state index contributed by atoms with van der Waals surface area (Å²) in [7, 11) is 0. The number of ether oxygens (including phenoxy) is 2. The maximum absolute atomic E-state index is 12.9. The quantitative estimate of drug-likeness (QED) is 0.252. The fourth-order valence-electron chi connectivity index (χ4n) is 3.43. The third-order valence-electron chi connectivity index (χ3n) is 4.97. The van der Waals surface area contributed by atoms with E-state index < -0.39 is 18.5 Å². The van der Waals surface area contributed by atoms with Gasteiger partial charge in [-0.05, 0) is 30.7 Å². The van der Waals surface area contributed by atoms with Crippen LogP contribution in [0.1, 0.15) is 18.4 Å². The Morgan fingerprint density at radius 1 is 0.943 bits per heavy atom. The van der Waals surface area contributed by atoms with Gasteiger partial charge in [0, 0.05) is 11.1 Å². The third kappa shape index (κ3) is 5.83. The van der Waals surface area contributed by atoms with Crippen molar-refractivity contribution in [3.63, 3.8) is 0 Å². The van der Waals surface area contributed by atoms with Crippen LogP contribution in [0.25, 0.3) is 34.2 Å². The van der Waals surface area contributed by atoms with Crippen LogP contribution >= 0.6 is 0 Å². The predicted octanol–water partition coefficient (Wildman–Crippen LogP) is 5.58. The molecule has 7 heteroatoms. The molecule has 176 valence electrons. The lowest BCUT2D eigenvalue weighted by Gasteiger charge is -2.06. The van der Waals surface area contributed by atoms with Gasteiger partial charge in [0.1, 0.15) is 17.0 Å². The lowest BCUT2D eigenvalue weighted by molar-refractivity contribution is -0.139. The molecule has 1 N–H and O–H groups in total. The second-order valence-electron chi connectivity index (χ2n) is 7.46. The number of carboxylic acid groups (broad SMARTS) is 1. The Hall–Kier alpha value is -4.65. The van der Waals surface area contributed by atoms with Crippen LogP contribution in [-0.4, -0.2) is 35.2 Å². The van der Waals surface area contributed by atoms with Gasteiger partial charge >= 0.3 is 11.9 Å². The topological polar surface area (TPSA) is 98.9 Å². The maximum atomic E-state index is 12.9. The minimum absolute atomic E-state index is 0.109. The van der Waals surface area contributed by atoms with Gasteiger partial charge in [0.05, 0.1) is 6.61 Å². The van der Waals surface area contributed by atoms with Crippen LogP contribution < -0.4 is 4.74 Å². The summed E-state index contributed by atoms with van der Waals surface area (Å²) in [5.41, 5.74) is 2.98. The first-order chi connectivity index (χ1) is 17.0. The van der Waals surface area contributed by atoms with E-state index in [1.54, 1.807) is 37.3 Å². The van der Waals surface area contributed by atoms with Gasteiger partial charge in [-0.3, -0.25) is 0 Å². The van der Waals surface area contributed by atoms with Crippen molar-refractivity contribution >= 4 is 23.6 Å². The molecule has 4 aromatic rings. The molecule has 0 fully saturated rings. The summed E-state index contributed by atoms with van der Waals surface area (Å²) in [6.45, 7) is 1.42. The molecule has 0 atom stereocenters. The van der Waals surface area contributed by atoms with Gasteiger partial charge in [-0.2, -0.15) is 0 Å². The van der Waals surface area contributed by atoms with Crippen LogP contribution in [0.15, 0.2) is 89.3 Å². The molecule has 0 aliphatic carbocycles. The maximum Gasteiger partial charge on any atom is 0.343 e. The van der Waals surface area contributed by atoms with Crippen LogP contribution in [0.4, 0.5) is 0 Å². The fraction of sp³-hybridized carbons (Fsp3) is 0.107. The van der Waals surface area contributed by atoms with E-state index >= 15 is 0 Å². The van der Waals surface area contributed by atoms with Crippen LogP contribution in [0, 0.1) is 0 Å². The number of hydrogen-bond acceptors (Lipinski definition) is 6. The Morgan fingerprint density at radius 3 is 2.29 bits per heavy atom. The van der Waals surface area contributed by atoms with Crippen molar-refractivity contribution < 1.29 is 28.6 Å². The van der Waals surface area contributed by atoms with Crippen molar-refractivity contribution in [2.75, 3.05) is 13.2 Å². The average Bonchev–Trinajstić information content (AvgIpc) is 3.33. The Kier molecular flexibility index (Phi) is 7.37. The number of carbonyl (C=O) groups is 2. The number of aliphatic carboxylic acids is 1. The van der Waals surface area contributed by atoms with E-state index in [2.05, 4.69) is 0 Å². The van der Waals surface area contributed by atoms with E-state index in [1.165, 1.54) is 0 Å². The lowest BCUT2D eigenvalue weighted by Crippen LogP contribution is -2.09. The van der Waals surface area contributed by atoms with Crippen LogP contribution in [0.2, 0.25) is 0 Å². The molecule has 1 heterocycles. The highest BCUT2D eigenvalue weighted by molar-refractivity contribution is 6.20. The first kappa shape index (κ1) is 23.5. The molecule has 1 aromatic heterocycles. The summed E-state index contributed by atoms with van der Waals surface area (Å²) in [4.78, 5) is 28.5. The summed E-state index contributed by atoms with van der Waals surface area (Å²) < 4.78 is 16.7. The van der Waals surface area contributed by atoms with Crippen LogP contribution in [0.5, 0.6) is 5.75 Å². The molecular formula is C28H23NO6. The molecule has 0 saturated carbocycles. The Bertz CT molecular complexity index is 1290. The minimum atomic E-state index is -1.08. The highest BCUT2D eigenvalue weighted by Crippen LogP contribution is 2.35. The summed E-state index contributed by atoms with van der Waals surface area (Å²) >= 11 is 0. The lowest BCUT2D eigenvalue weighted by atomic mass is 10.1. The smallest absolute Gasteiger partial charge is 0.343 e. The van der Waals surface area contributed by atoms with Crippen molar-refractivity contribution in [1.82, 2.24) is 4.98 Å². The molecule has 4 rings (SSSR count). The van der Waals surface area contributed by atoms with Gasteiger partial charge in [-0.15, -0.1) is 0 Å². The van der Waals surface area contributed by atoms with Gasteiger partial charge in [0.15, 0.2) is 12.4 Å². The molecule has 0 radical (unpaired) electrons. The van der Waals surface area contributed by atoms with Crippen molar-refractivity contribution in [2.24, 2.45) is 0 Å². The Balaban J connectivity index is 1.82. The molecular weight excluding hydrogens is 446 g/mol. The van der Waals surface area contributed by atoms with Gasteiger partial charge in [0.25, 0.3) is 0 Å². The summed E-state index contributed by atoms with van der Waals surface area (Å²) in [5.74, 6) is -0.685. The first-order valence-corrected chi connectivity index (χ1v) is 11.0. The zero-order valence-electron chi connectivity index (χ0n) is 19.0. The normalized spacial score (nSPS) is 11.2. The largest absolute Gasteiger partial charge is 0.482 e. The molecule has 0 saturated heterocycles. The van der Waals surface area contributed by atoms with Crippen LogP contribution in [0.3, 0.4) is 0 Å². The second-order valence-corrected chi connectivity index (χ2v) is 7.46. The standard InChI is InChI=1S/C28H23NO6/c1-2-33-28(32)23(17-19-10-9-15-22(16-19)34-18-24(30)31)27-29-25(20-11-5-3-6-12-20)26(35-27)21-13-7-4-8-14-21/h3-17H,2,18H2,1H3,(H,30,31)/b23-17-. The molecule has 7 nitrogen and oxygen atoms in total. The summed E-state index contributed by atoms with van der Waals surface area (Å²) in [6, 6.07) is 25.8. The Labute approximate surface area is 202 Å². The molecule has 0 amide bonds. The number of aromatic nitrogens is 1. The zero-order chi connectivity index (χ0) is 24.6. The van der Waals surface area contributed by atoms with Crippen LogP contribution in [-0.2, 0) is 14.3 Å². The SMILES string of the molecule is CCOC(=O)/C(=C\c1cccc(OCC(=O)O)c1)c1nc(-c2ccccc2)c(-c2ccccc2)o1. The fourth-order valence-corrected chi connectivity index (χ4v) is 3.43.